The van der Waals surface area contributed by atoms with Gasteiger partial charge in [0.15, 0.2) is 17.3 Å². The quantitative estimate of drug-likeness (QED) is 0.265. The Labute approximate surface area is 221 Å². The Morgan fingerprint density at radius 2 is 1.69 bits per heavy atom. The maximum atomic E-state index is 15.0. The SMILES string of the molecule is COc1ccc2nccc(Oc3ccc(NC(=O)c4c(C)nc(C)c(-c5ccc(F)cc5)c4O)cc3F)c2n1. The molecule has 3 heterocycles. The minimum Gasteiger partial charge on any atom is -0.506 e. The fourth-order valence-electron chi connectivity index (χ4n) is 4.22. The van der Waals surface area contributed by atoms with Gasteiger partial charge in [-0.3, -0.25) is 14.8 Å². The maximum Gasteiger partial charge on any atom is 0.261 e. The molecule has 5 rings (SSSR count). The highest BCUT2D eigenvalue weighted by atomic mass is 19.1. The molecule has 0 saturated heterocycles. The molecular weight excluding hydrogens is 506 g/mol. The number of carbonyl (C=O) groups is 1. The molecule has 0 bridgehead atoms. The Balaban J connectivity index is 1.42. The standard InChI is InChI=1S/C29H22F2N4O4/c1-15-25(17-4-6-18(30)7-5-17)28(36)26(16(2)33-15)29(37)34-19-8-10-22(20(31)14-19)39-23-12-13-32-21-9-11-24(38-3)35-27(21)23/h4-14H,1-3H3,(H,33,36)(H,34,37). The zero-order chi connectivity index (χ0) is 27.7. The number of anilines is 1. The third-order valence-corrected chi connectivity index (χ3v) is 6.03. The summed E-state index contributed by atoms with van der Waals surface area (Å²) in [6, 6.07) is 14.3. The lowest BCUT2D eigenvalue weighted by molar-refractivity contribution is 0.102. The molecular formula is C29H22F2N4O4. The largest absolute Gasteiger partial charge is 0.506 e. The zero-order valence-corrected chi connectivity index (χ0v) is 21.1. The maximum absolute atomic E-state index is 15.0. The molecule has 39 heavy (non-hydrogen) atoms. The van der Waals surface area contributed by atoms with E-state index in [-0.39, 0.29) is 34.2 Å². The van der Waals surface area contributed by atoms with Crippen molar-refractivity contribution in [2.45, 2.75) is 13.8 Å². The Bertz CT molecular complexity index is 1730. The van der Waals surface area contributed by atoms with Gasteiger partial charge in [-0.25, -0.2) is 13.8 Å². The smallest absolute Gasteiger partial charge is 0.261 e. The summed E-state index contributed by atoms with van der Waals surface area (Å²) >= 11 is 0. The molecule has 0 aliphatic carbocycles. The zero-order valence-electron chi connectivity index (χ0n) is 21.1. The van der Waals surface area contributed by atoms with Crippen molar-refractivity contribution in [2.75, 3.05) is 12.4 Å². The van der Waals surface area contributed by atoms with Crippen molar-refractivity contribution in [3.8, 4) is 34.3 Å². The van der Waals surface area contributed by atoms with Crippen LogP contribution in [0.5, 0.6) is 23.1 Å². The highest BCUT2D eigenvalue weighted by Crippen LogP contribution is 2.37. The van der Waals surface area contributed by atoms with Crippen molar-refractivity contribution < 1.29 is 28.2 Å². The van der Waals surface area contributed by atoms with Gasteiger partial charge in [0.1, 0.15) is 22.6 Å². The van der Waals surface area contributed by atoms with Crippen LogP contribution in [0.1, 0.15) is 21.7 Å². The van der Waals surface area contributed by atoms with Gasteiger partial charge in [0.05, 0.1) is 18.3 Å². The van der Waals surface area contributed by atoms with E-state index in [0.717, 1.165) is 6.07 Å². The van der Waals surface area contributed by atoms with E-state index < -0.39 is 17.5 Å². The summed E-state index contributed by atoms with van der Waals surface area (Å²) in [4.78, 5) is 26.1. The number of methoxy groups -OCH3 is 1. The second-order valence-corrected chi connectivity index (χ2v) is 8.62. The number of hydrogen-bond acceptors (Lipinski definition) is 7. The monoisotopic (exact) mass is 528 g/mol. The van der Waals surface area contributed by atoms with E-state index in [1.54, 1.807) is 32.0 Å². The van der Waals surface area contributed by atoms with E-state index in [1.165, 1.54) is 49.7 Å². The van der Waals surface area contributed by atoms with Gasteiger partial charge in [-0.2, -0.15) is 0 Å². The molecule has 5 aromatic rings. The number of pyridine rings is 3. The van der Waals surface area contributed by atoms with E-state index in [1.807, 2.05) is 0 Å². The molecule has 0 atom stereocenters. The summed E-state index contributed by atoms with van der Waals surface area (Å²) in [5.74, 6) is -1.64. The molecule has 0 radical (unpaired) electrons. The van der Waals surface area contributed by atoms with Crippen LogP contribution < -0.4 is 14.8 Å². The topological polar surface area (TPSA) is 106 Å². The van der Waals surface area contributed by atoms with Crippen LogP contribution in [0.2, 0.25) is 0 Å². The number of aryl methyl sites for hydroxylation is 2. The number of nitrogens with zero attached hydrogens (tertiary/aromatic N) is 3. The molecule has 0 aliphatic heterocycles. The lowest BCUT2D eigenvalue weighted by Crippen LogP contribution is -2.15. The highest BCUT2D eigenvalue weighted by molar-refractivity contribution is 6.08. The second-order valence-electron chi connectivity index (χ2n) is 8.62. The Kier molecular flexibility index (Phi) is 6.76. The van der Waals surface area contributed by atoms with E-state index in [4.69, 9.17) is 9.47 Å². The normalized spacial score (nSPS) is 10.9. The van der Waals surface area contributed by atoms with Crippen LogP contribution in [0, 0.1) is 25.5 Å². The molecule has 0 saturated carbocycles. The van der Waals surface area contributed by atoms with Gasteiger partial charge in [-0.05, 0) is 49.7 Å². The number of nitrogens with one attached hydrogen (secondary N) is 1. The number of amides is 1. The first kappa shape index (κ1) is 25.5. The van der Waals surface area contributed by atoms with Gasteiger partial charge in [0, 0.05) is 41.3 Å². The summed E-state index contributed by atoms with van der Waals surface area (Å²) in [7, 11) is 1.48. The molecule has 2 aromatic carbocycles. The van der Waals surface area contributed by atoms with Crippen LogP contribution in [0.3, 0.4) is 0 Å². The third-order valence-electron chi connectivity index (χ3n) is 6.03. The van der Waals surface area contributed by atoms with Crippen molar-refractivity contribution in [2.24, 2.45) is 0 Å². The number of fused-ring (bicyclic) bond motifs is 1. The summed E-state index contributed by atoms with van der Waals surface area (Å²) in [5, 5.41) is 13.6. The Morgan fingerprint density at radius 1 is 0.923 bits per heavy atom. The van der Waals surface area contributed by atoms with Gasteiger partial charge in [0.2, 0.25) is 5.88 Å². The minimum absolute atomic E-state index is 0.0797. The number of ether oxygens (including phenoxy) is 2. The number of aromatic hydroxyl groups is 1. The fourth-order valence-corrected chi connectivity index (χ4v) is 4.22. The number of carbonyl (C=O) groups excluding carboxylic acids is 1. The fraction of sp³-hybridized carbons (Fsp3) is 0.103. The van der Waals surface area contributed by atoms with Crippen LogP contribution in [0.4, 0.5) is 14.5 Å². The molecule has 0 aliphatic rings. The number of hydrogen-bond donors (Lipinski definition) is 2. The summed E-state index contributed by atoms with van der Waals surface area (Å²) in [6.45, 7) is 3.26. The van der Waals surface area contributed by atoms with Crippen LogP contribution in [0.25, 0.3) is 22.2 Å². The van der Waals surface area contributed by atoms with Gasteiger partial charge in [-0.1, -0.05) is 12.1 Å². The van der Waals surface area contributed by atoms with Crippen molar-refractivity contribution in [3.63, 3.8) is 0 Å². The first-order valence-electron chi connectivity index (χ1n) is 11.8. The summed E-state index contributed by atoms with van der Waals surface area (Å²) in [6.07, 6.45) is 1.52. The Morgan fingerprint density at radius 3 is 2.41 bits per heavy atom. The summed E-state index contributed by atoms with van der Waals surface area (Å²) in [5.41, 5.74) is 2.53. The van der Waals surface area contributed by atoms with Crippen molar-refractivity contribution >= 4 is 22.6 Å². The van der Waals surface area contributed by atoms with Gasteiger partial charge in [0.25, 0.3) is 5.91 Å². The molecule has 0 fully saturated rings. The van der Waals surface area contributed by atoms with E-state index in [2.05, 4.69) is 20.3 Å². The molecule has 0 unspecified atom stereocenters. The van der Waals surface area contributed by atoms with E-state index in [9.17, 15) is 14.3 Å². The average molecular weight is 529 g/mol. The van der Waals surface area contributed by atoms with Crippen molar-refractivity contribution in [1.29, 1.82) is 0 Å². The molecule has 3 aromatic heterocycles. The number of aromatic nitrogens is 3. The predicted molar refractivity (Wildman–Crippen MR) is 141 cm³/mol. The second kappa shape index (κ2) is 10.3. The van der Waals surface area contributed by atoms with Crippen LogP contribution in [-0.2, 0) is 0 Å². The van der Waals surface area contributed by atoms with Gasteiger partial charge >= 0.3 is 0 Å². The predicted octanol–water partition coefficient (Wildman–Crippen LogP) is 6.35. The van der Waals surface area contributed by atoms with E-state index in [0.29, 0.717) is 33.7 Å². The molecule has 1 amide bonds. The molecule has 10 heteroatoms. The first-order valence-corrected chi connectivity index (χ1v) is 11.8. The minimum atomic E-state index is -0.740. The number of rotatable bonds is 6. The number of halogens is 2. The molecule has 2 N–H and O–H groups in total. The lowest BCUT2D eigenvalue weighted by Gasteiger charge is -2.15. The average Bonchev–Trinajstić information content (AvgIpc) is 2.91. The molecule has 196 valence electrons. The highest BCUT2D eigenvalue weighted by Gasteiger charge is 2.23. The first-order chi connectivity index (χ1) is 18.7. The molecule has 0 spiro atoms. The van der Waals surface area contributed by atoms with Gasteiger partial charge in [-0.15, -0.1) is 0 Å². The lowest BCUT2D eigenvalue weighted by atomic mass is 9.98. The van der Waals surface area contributed by atoms with Crippen molar-refractivity contribution in [1.82, 2.24) is 15.0 Å². The number of benzene rings is 2. The van der Waals surface area contributed by atoms with Crippen LogP contribution in [0.15, 0.2) is 66.9 Å². The van der Waals surface area contributed by atoms with Gasteiger partial charge < -0.3 is 19.9 Å². The molecule has 8 nitrogen and oxygen atoms in total. The van der Waals surface area contributed by atoms with E-state index >= 15 is 4.39 Å². The van der Waals surface area contributed by atoms with Crippen LogP contribution >= 0.6 is 0 Å². The summed E-state index contributed by atoms with van der Waals surface area (Å²) < 4.78 is 39.4. The third kappa shape index (κ3) is 5.04. The Hall–Kier alpha value is -5.12. The van der Waals surface area contributed by atoms with Crippen LogP contribution in [-0.4, -0.2) is 33.1 Å². The van der Waals surface area contributed by atoms with Crippen molar-refractivity contribution in [3.05, 3.63) is 95.4 Å².